The molecule has 0 saturated carbocycles. The van der Waals surface area contributed by atoms with Crippen LogP contribution in [0.1, 0.15) is 37.6 Å². The summed E-state index contributed by atoms with van der Waals surface area (Å²) in [6.45, 7) is 6.35. The van der Waals surface area contributed by atoms with E-state index in [1.54, 1.807) is 24.4 Å². The summed E-state index contributed by atoms with van der Waals surface area (Å²) in [6, 6.07) is 18.5. The third-order valence-electron chi connectivity index (χ3n) is 5.60. The van der Waals surface area contributed by atoms with E-state index in [9.17, 15) is 19.7 Å². The van der Waals surface area contributed by atoms with E-state index in [0.29, 0.717) is 16.9 Å². The van der Waals surface area contributed by atoms with Crippen LogP contribution in [0.15, 0.2) is 78.6 Å². The van der Waals surface area contributed by atoms with Crippen LogP contribution in [0.4, 0.5) is 11.4 Å². The van der Waals surface area contributed by atoms with Gasteiger partial charge in [-0.05, 0) is 52.9 Å². The maximum absolute atomic E-state index is 13.4. The van der Waals surface area contributed by atoms with Crippen LogP contribution in [-0.2, 0) is 21.5 Å². The molecule has 172 valence electrons. The number of non-ortho nitro benzene ring substituents is 1. The zero-order valence-electron chi connectivity index (χ0n) is 19.1. The Kier molecular flexibility index (Phi) is 5.98. The highest BCUT2D eigenvalue weighted by Gasteiger charge is 2.39. The van der Waals surface area contributed by atoms with Gasteiger partial charge in [0.1, 0.15) is 5.70 Å². The van der Waals surface area contributed by atoms with Gasteiger partial charge in [0.25, 0.3) is 17.5 Å². The molecule has 0 aliphatic carbocycles. The third kappa shape index (κ3) is 4.56. The van der Waals surface area contributed by atoms with Gasteiger partial charge in [0.05, 0.1) is 22.7 Å². The Morgan fingerprint density at radius 1 is 0.941 bits per heavy atom. The van der Waals surface area contributed by atoms with Gasteiger partial charge in [0, 0.05) is 24.0 Å². The average molecular weight is 457 g/mol. The number of carbonyl (C=O) groups is 2. The molecule has 0 atom stereocenters. The molecule has 8 heteroatoms. The predicted octanol–water partition coefficient (Wildman–Crippen LogP) is 4.68. The lowest BCUT2D eigenvalue weighted by Crippen LogP contribution is -2.32. The summed E-state index contributed by atoms with van der Waals surface area (Å²) in [7, 11) is 0. The first-order valence-electron chi connectivity index (χ1n) is 10.8. The summed E-state index contributed by atoms with van der Waals surface area (Å²) in [5, 5.41) is 14.2. The Morgan fingerprint density at radius 2 is 1.62 bits per heavy atom. The monoisotopic (exact) mass is 456 g/mol. The molecule has 0 saturated heterocycles. The Morgan fingerprint density at radius 3 is 2.18 bits per heavy atom. The van der Waals surface area contributed by atoms with E-state index < -0.39 is 16.7 Å². The molecule has 0 radical (unpaired) electrons. The normalized spacial score (nSPS) is 14.0. The number of rotatable bonds is 6. The highest BCUT2D eigenvalue weighted by molar-refractivity contribution is 6.36. The van der Waals surface area contributed by atoms with Crippen LogP contribution in [0.3, 0.4) is 0 Å². The van der Waals surface area contributed by atoms with Crippen molar-refractivity contribution in [3.8, 4) is 0 Å². The van der Waals surface area contributed by atoms with Gasteiger partial charge in [0.15, 0.2) is 0 Å². The SMILES string of the molecule is CC(C)(C)c1ccc(NC2=C(c3ccc([N+](=O)[O-])cc3)C(=O)N(Cc3ccccn3)C2=O)cc1. The van der Waals surface area contributed by atoms with Crippen molar-refractivity contribution in [2.24, 2.45) is 0 Å². The molecule has 3 aromatic rings. The van der Waals surface area contributed by atoms with E-state index in [1.807, 2.05) is 24.3 Å². The maximum Gasteiger partial charge on any atom is 0.278 e. The van der Waals surface area contributed by atoms with Crippen molar-refractivity contribution in [2.45, 2.75) is 32.7 Å². The molecule has 1 aliphatic heterocycles. The first-order chi connectivity index (χ1) is 16.1. The van der Waals surface area contributed by atoms with E-state index >= 15 is 0 Å². The molecule has 0 unspecified atom stereocenters. The topological polar surface area (TPSA) is 105 Å². The molecule has 1 N–H and O–H groups in total. The molecule has 1 aromatic heterocycles. The number of carbonyl (C=O) groups excluding carboxylic acids is 2. The van der Waals surface area contributed by atoms with Crippen molar-refractivity contribution in [3.63, 3.8) is 0 Å². The number of aromatic nitrogens is 1. The van der Waals surface area contributed by atoms with Crippen LogP contribution in [0, 0.1) is 10.1 Å². The van der Waals surface area contributed by atoms with E-state index in [4.69, 9.17) is 0 Å². The van der Waals surface area contributed by atoms with Gasteiger partial charge in [-0.25, -0.2) is 0 Å². The molecular formula is C26H24N4O4. The number of hydrogen-bond acceptors (Lipinski definition) is 6. The lowest BCUT2D eigenvalue weighted by atomic mass is 9.87. The summed E-state index contributed by atoms with van der Waals surface area (Å²) in [4.78, 5) is 42.6. The molecule has 2 heterocycles. The summed E-state index contributed by atoms with van der Waals surface area (Å²) in [5.74, 6) is -0.970. The predicted molar refractivity (Wildman–Crippen MR) is 129 cm³/mol. The average Bonchev–Trinajstić information content (AvgIpc) is 3.04. The quantitative estimate of drug-likeness (QED) is 0.328. The van der Waals surface area contributed by atoms with Crippen LogP contribution >= 0.6 is 0 Å². The number of nitrogens with zero attached hydrogens (tertiary/aromatic N) is 3. The molecule has 0 spiro atoms. The number of pyridine rings is 1. The maximum atomic E-state index is 13.4. The van der Waals surface area contributed by atoms with Crippen molar-refractivity contribution >= 4 is 28.8 Å². The van der Waals surface area contributed by atoms with Crippen molar-refractivity contribution in [1.29, 1.82) is 0 Å². The van der Waals surface area contributed by atoms with Gasteiger partial charge in [-0.1, -0.05) is 39.0 Å². The highest BCUT2D eigenvalue weighted by atomic mass is 16.6. The third-order valence-corrected chi connectivity index (χ3v) is 5.60. The Balaban J connectivity index is 1.72. The number of imide groups is 1. The fourth-order valence-electron chi connectivity index (χ4n) is 3.70. The van der Waals surface area contributed by atoms with Crippen molar-refractivity contribution in [3.05, 3.63) is 106 Å². The molecule has 34 heavy (non-hydrogen) atoms. The second-order valence-electron chi connectivity index (χ2n) is 9.02. The van der Waals surface area contributed by atoms with Gasteiger partial charge in [0.2, 0.25) is 0 Å². The first-order valence-corrected chi connectivity index (χ1v) is 10.8. The van der Waals surface area contributed by atoms with Crippen LogP contribution in [0.5, 0.6) is 0 Å². The zero-order valence-corrected chi connectivity index (χ0v) is 19.1. The number of nitro groups is 1. The van der Waals surface area contributed by atoms with Crippen LogP contribution < -0.4 is 5.32 Å². The van der Waals surface area contributed by atoms with Crippen LogP contribution in [0.2, 0.25) is 0 Å². The number of nitro benzene ring substituents is 1. The van der Waals surface area contributed by atoms with Crippen molar-refractivity contribution in [1.82, 2.24) is 9.88 Å². The summed E-state index contributed by atoms with van der Waals surface area (Å²) in [6.07, 6.45) is 1.60. The second kappa shape index (κ2) is 8.90. The molecule has 4 rings (SSSR count). The second-order valence-corrected chi connectivity index (χ2v) is 9.02. The minimum atomic E-state index is -0.511. The van der Waals surface area contributed by atoms with Crippen molar-refractivity contribution < 1.29 is 14.5 Å². The van der Waals surface area contributed by atoms with E-state index in [0.717, 1.165) is 10.5 Å². The number of benzene rings is 2. The fourth-order valence-corrected chi connectivity index (χ4v) is 3.70. The first kappa shape index (κ1) is 22.8. The highest BCUT2D eigenvalue weighted by Crippen LogP contribution is 2.33. The van der Waals surface area contributed by atoms with Gasteiger partial charge in [-0.15, -0.1) is 0 Å². The molecule has 2 aromatic carbocycles. The van der Waals surface area contributed by atoms with E-state index in [-0.39, 0.29) is 28.9 Å². The van der Waals surface area contributed by atoms with E-state index in [1.165, 1.54) is 24.3 Å². The standard InChI is InChI=1S/C26H24N4O4/c1-26(2,3)18-9-11-19(12-10-18)28-23-22(17-7-13-21(14-8-17)30(33)34)24(31)29(25(23)32)16-20-6-4-5-15-27-20/h4-15,28H,16H2,1-3H3. The van der Waals surface area contributed by atoms with Crippen LogP contribution in [0.25, 0.3) is 5.57 Å². The molecule has 2 amide bonds. The largest absolute Gasteiger partial charge is 0.350 e. The summed E-state index contributed by atoms with van der Waals surface area (Å²) < 4.78 is 0. The summed E-state index contributed by atoms with van der Waals surface area (Å²) in [5.41, 5.74) is 2.94. The minimum absolute atomic E-state index is 0.0170. The lowest BCUT2D eigenvalue weighted by molar-refractivity contribution is -0.384. The van der Waals surface area contributed by atoms with Crippen molar-refractivity contribution in [2.75, 3.05) is 5.32 Å². The minimum Gasteiger partial charge on any atom is -0.350 e. The van der Waals surface area contributed by atoms with E-state index in [2.05, 4.69) is 31.1 Å². The molecule has 1 aliphatic rings. The number of nitrogens with one attached hydrogen (secondary N) is 1. The Labute approximate surface area is 197 Å². The summed E-state index contributed by atoms with van der Waals surface area (Å²) >= 11 is 0. The van der Waals surface area contributed by atoms with Gasteiger partial charge < -0.3 is 5.32 Å². The van der Waals surface area contributed by atoms with Gasteiger partial charge in [-0.3, -0.25) is 29.6 Å². The fraction of sp³-hybridized carbons (Fsp3) is 0.192. The lowest BCUT2D eigenvalue weighted by Gasteiger charge is -2.19. The van der Waals surface area contributed by atoms with Crippen LogP contribution in [-0.4, -0.2) is 26.6 Å². The number of anilines is 1. The molecule has 0 bridgehead atoms. The Hall–Kier alpha value is -4.33. The number of hydrogen-bond donors (Lipinski definition) is 1. The smallest absolute Gasteiger partial charge is 0.278 e. The molecular weight excluding hydrogens is 432 g/mol. The Bertz CT molecular complexity index is 1280. The molecule has 8 nitrogen and oxygen atoms in total. The van der Waals surface area contributed by atoms with Gasteiger partial charge in [-0.2, -0.15) is 0 Å². The number of amides is 2. The molecule has 0 fully saturated rings. The zero-order chi connectivity index (χ0) is 24.5. The van der Waals surface area contributed by atoms with Gasteiger partial charge >= 0.3 is 0 Å².